The number of para-hydroxylation sites is 1. The first-order valence-corrected chi connectivity index (χ1v) is 7.59. The van der Waals surface area contributed by atoms with E-state index in [-0.39, 0.29) is 13.2 Å². The van der Waals surface area contributed by atoms with Crippen LogP contribution in [0.15, 0.2) is 54.6 Å². The van der Waals surface area contributed by atoms with Crippen LogP contribution in [0, 0.1) is 0 Å². The third-order valence-corrected chi connectivity index (χ3v) is 3.86. The Labute approximate surface area is 135 Å². The zero-order valence-corrected chi connectivity index (χ0v) is 12.7. The van der Waals surface area contributed by atoms with Crippen LogP contribution < -0.4 is 4.74 Å². The number of carbonyl (C=O) groups is 1. The van der Waals surface area contributed by atoms with Crippen LogP contribution in [0.3, 0.4) is 0 Å². The van der Waals surface area contributed by atoms with Gasteiger partial charge in [-0.1, -0.05) is 48.5 Å². The maximum absolute atomic E-state index is 12.4. The van der Waals surface area contributed by atoms with Crippen molar-refractivity contribution in [3.8, 4) is 5.75 Å². The highest BCUT2D eigenvalue weighted by Gasteiger charge is 2.30. The Bertz CT molecular complexity index is 659. The van der Waals surface area contributed by atoms with Crippen LogP contribution in [-0.4, -0.2) is 35.9 Å². The summed E-state index contributed by atoms with van der Waals surface area (Å²) in [5.41, 5.74) is 1.72. The van der Waals surface area contributed by atoms with E-state index < -0.39 is 12.1 Å². The number of ether oxygens (including phenoxy) is 2. The van der Waals surface area contributed by atoms with E-state index in [2.05, 4.69) is 0 Å². The van der Waals surface area contributed by atoms with E-state index in [1.54, 1.807) is 0 Å². The van der Waals surface area contributed by atoms with Crippen LogP contribution in [0.4, 0.5) is 4.79 Å². The molecule has 23 heavy (non-hydrogen) atoms. The number of hydrogen-bond acceptors (Lipinski definition) is 4. The highest BCUT2D eigenvalue weighted by molar-refractivity contribution is 5.69. The predicted molar refractivity (Wildman–Crippen MR) is 85.1 cm³/mol. The summed E-state index contributed by atoms with van der Waals surface area (Å²) in [6.45, 7) is 0.763. The molecule has 1 heterocycles. The molecule has 0 spiro atoms. The zero-order valence-electron chi connectivity index (χ0n) is 12.7. The second kappa shape index (κ2) is 7.15. The largest absolute Gasteiger partial charge is 0.491 e. The number of carbonyl (C=O) groups excluding carboxylic acids is 1. The fourth-order valence-corrected chi connectivity index (χ4v) is 2.68. The van der Waals surface area contributed by atoms with E-state index in [1.165, 1.54) is 4.90 Å². The summed E-state index contributed by atoms with van der Waals surface area (Å²) in [5, 5.41) is 9.76. The van der Waals surface area contributed by atoms with Gasteiger partial charge in [0.25, 0.3) is 0 Å². The topological polar surface area (TPSA) is 59.0 Å². The first-order valence-electron chi connectivity index (χ1n) is 7.59. The number of aliphatic hydroxyl groups excluding tert-OH is 1. The first-order chi connectivity index (χ1) is 11.3. The molecule has 1 atom stereocenters. The van der Waals surface area contributed by atoms with Crippen molar-refractivity contribution in [1.29, 1.82) is 0 Å². The van der Waals surface area contributed by atoms with Crippen LogP contribution in [0.5, 0.6) is 5.75 Å². The lowest BCUT2D eigenvalue weighted by molar-refractivity contribution is 0.0630. The molecular formula is C18H19NO4. The van der Waals surface area contributed by atoms with Crippen molar-refractivity contribution in [2.45, 2.75) is 12.6 Å². The summed E-state index contributed by atoms with van der Waals surface area (Å²) in [4.78, 5) is 14.0. The molecule has 5 heteroatoms. The average molecular weight is 313 g/mol. The molecule has 0 radical (unpaired) electrons. The molecule has 2 aromatic rings. The number of aliphatic hydroxyl groups is 1. The molecule has 120 valence electrons. The maximum Gasteiger partial charge on any atom is 0.410 e. The molecule has 0 aromatic heterocycles. The molecule has 0 saturated carbocycles. The second-order valence-corrected chi connectivity index (χ2v) is 5.32. The van der Waals surface area contributed by atoms with Gasteiger partial charge in [0.2, 0.25) is 0 Å². The summed E-state index contributed by atoms with van der Waals surface area (Å²) in [6.07, 6.45) is -0.451. The molecule has 3 rings (SSSR count). The van der Waals surface area contributed by atoms with Crippen molar-refractivity contribution in [1.82, 2.24) is 4.90 Å². The van der Waals surface area contributed by atoms with Crippen molar-refractivity contribution in [3.63, 3.8) is 0 Å². The highest BCUT2D eigenvalue weighted by atomic mass is 16.6. The van der Waals surface area contributed by atoms with E-state index in [0.717, 1.165) is 11.1 Å². The number of rotatable bonds is 3. The number of hydrogen-bond donors (Lipinski definition) is 1. The fraction of sp³-hybridized carbons (Fsp3) is 0.278. The average Bonchev–Trinajstić information content (AvgIpc) is 2.79. The van der Waals surface area contributed by atoms with Gasteiger partial charge in [-0.25, -0.2) is 4.79 Å². The molecule has 0 aliphatic carbocycles. The SMILES string of the molecule is O=C(OCc1ccccc1)N1CCOc2ccccc2C1CO. The zero-order chi connectivity index (χ0) is 16.1. The molecule has 0 fully saturated rings. The Balaban J connectivity index is 1.74. The van der Waals surface area contributed by atoms with Crippen LogP contribution in [0.25, 0.3) is 0 Å². The predicted octanol–water partition coefficient (Wildman–Crippen LogP) is 2.75. The number of amides is 1. The van der Waals surface area contributed by atoms with Gasteiger partial charge in [0.1, 0.15) is 19.0 Å². The van der Waals surface area contributed by atoms with Crippen LogP contribution in [-0.2, 0) is 11.3 Å². The molecule has 1 N–H and O–H groups in total. The standard InChI is InChI=1S/C18H19NO4/c20-12-16-15-8-4-5-9-17(15)22-11-10-19(16)18(21)23-13-14-6-2-1-3-7-14/h1-9,16,20H,10-13H2. The lowest BCUT2D eigenvalue weighted by Gasteiger charge is -2.27. The summed E-state index contributed by atoms with van der Waals surface area (Å²) in [6, 6.07) is 16.5. The molecule has 1 amide bonds. The molecule has 1 unspecified atom stereocenters. The van der Waals surface area contributed by atoms with Gasteiger partial charge in [0.15, 0.2) is 0 Å². The summed E-state index contributed by atoms with van der Waals surface area (Å²) < 4.78 is 11.1. The van der Waals surface area contributed by atoms with Crippen molar-refractivity contribution in [2.75, 3.05) is 19.8 Å². The van der Waals surface area contributed by atoms with E-state index in [1.807, 2.05) is 54.6 Å². The Morgan fingerprint density at radius 3 is 2.70 bits per heavy atom. The molecule has 1 aliphatic rings. The van der Waals surface area contributed by atoms with Crippen LogP contribution >= 0.6 is 0 Å². The second-order valence-electron chi connectivity index (χ2n) is 5.32. The van der Waals surface area contributed by atoms with Crippen LogP contribution in [0.1, 0.15) is 17.2 Å². The van der Waals surface area contributed by atoms with Gasteiger partial charge in [-0.05, 0) is 11.6 Å². The quantitative estimate of drug-likeness (QED) is 0.946. The van der Waals surface area contributed by atoms with Crippen molar-refractivity contribution < 1.29 is 19.4 Å². The third kappa shape index (κ3) is 3.46. The van der Waals surface area contributed by atoms with E-state index in [9.17, 15) is 9.90 Å². The molecule has 0 saturated heterocycles. The third-order valence-electron chi connectivity index (χ3n) is 3.86. The minimum atomic E-state index is -0.461. The smallest absolute Gasteiger partial charge is 0.410 e. The van der Waals surface area contributed by atoms with Gasteiger partial charge < -0.3 is 14.6 Å². The van der Waals surface area contributed by atoms with E-state index in [0.29, 0.717) is 18.9 Å². The molecule has 2 aromatic carbocycles. The fourth-order valence-electron chi connectivity index (χ4n) is 2.68. The summed E-state index contributed by atoms with van der Waals surface area (Å²) in [5.74, 6) is 0.699. The summed E-state index contributed by atoms with van der Waals surface area (Å²) in [7, 11) is 0. The maximum atomic E-state index is 12.4. The minimum Gasteiger partial charge on any atom is -0.491 e. The monoisotopic (exact) mass is 313 g/mol. The molecule has 1 aliphatic heterocycles. The van der Waals surface area contributed by atoms with Crippen LogP contribution in [0.2, 0.25) is 0 Å². The lowest BCUT2D eigenvalue weighted by Crippen LogP contribution is -2.38. The molecular weight excluding hydrogens is 294 g/mol. The van der Waals surface area contributed by atoms with Gasteiger partial charge in [-0.15, -0.1) is 0 Å². The minimum absolute atomic E-state index is 0.180. The summed E-state index contributed by atoms with van der Waals surface area (Å²) >= 11 is 0. The Hall–Kier alpha value is -2.53. The van der Waals surface area contributed by atoms with Crippen molar-refractivity contribution >= 4 is 6.09 Å². The number of nitrogens with zero attached hydrogens (tertiary/aromatic N) is 1. The van der Waals surface area contributed by atoms with Gasteiger partial charge in [-0.3, -0.25) is 4.90 Å². The lowest BCUT2D eigenvalue weighted by atomic mass is 10.1. The van der Waals surface area contributed by atoms with Crippen molar-refractivity contribution in [3.05, 3.63) is 65.7 Å². The van der Waals surface area contributed by atoms with Gasteiger partial charge >= 0.3 is 6.09 Å². The normalized spacial score (nSPS) is 16.9. The van der Waals surface area contributed by atoms with E-state index >= 15 is 0 Å². The van der Waals surface area contributed by atoms with Gasteiger partial charge in [0.05, 0.1) is 19.2 Å². The molecule has 0 bridgehead atoms. The molecule has 5 nitrogen and oxygen atoms in total. The number of benzene rings is 2. The van der Waals surface area contributed by atoms with E-state index in [4.69, 9.17) is 9.47 Å². The van der Waals surface area contributed by atoms with Crippen molar-refractivity contribution in [2.24, 2.45) is 0 Å². The van der Waals surface area contributed by atoms with Gasteiger partial charge in [-0.2, -0.15) is 0 Å². The Morgan fingerprint density at radius 1 is 1.17 bits per heavy atom. The Kier molecular flexibility index (Phi) is 4.78. The first kappa shape index (κ1) is 15.4. The number of fused-ring (bicyclic) bond motifs is 1. The van der Waals surface area contributed by atoms with Gasteiger partial charge in [0, 0.05) is 5.56 Å². The Morgan fingerprint density at radius 2 is 1.91 bits per heavy atom. The highest BCUT2D eigenvalue weighted by Crippen LogP contribution is 2.31.